The topological polar surface area (TPSA) is 0 Å². The summed E-state index contributed by atoms with van der Waals surface area (Å²) >= 11 is 1.88. The van der Waals surface area contributed by atoms with E-state index < -0.39 is 0 Å². The molecule has 0 atom stereocenters. The summed E-state index contributed by atoms with van der Waals surface area (Å²) in [5.41, 5.74) is 2.80. The predicted octanol–water partition coefficient (Wildman–Crippen LogP) is 5.95. The van der Waals surface area contributed by atoms with Gasteiger partial charge in [-0.1, -0.05) is 54.2 Å². The summed E-state index contributed by atoms with van der Waals surface area (Å²) in [6.07, 6.45) is 3.62. The Bertz CT molecular complexity index is 664. The van der Waals surface area contributed by atoms with Crippen LogP contribution in [0.2, 0.25) is 0 Å². The lowest BCUT2D eigenvalue weighted by atomic mass is 9.97. The third-order valence-corrected chi connectivity index (χ3v) is 5.01. The third kappa shape index (κ3) is 2.62. The standard InChI is InChI=1S/C18H18S/c1-13-6-5-7-14(2)18(13)19-17-11-10-15-8-3-4-9-16(15)12-17/h3-4,8-12H,1,5-7H2,2H3. The van der Waals surface area contributed by atoms with E-state index in [4.69, 9.17) is 0 Å². The van der Waals surface area contributed by atoms with Crippen molar-refractivity contribution in [3.63, 3.8) is 0 Å². The van der Waals surface area contributed by atoms with Gasteiger partial charge >= 0.3 is 0 Å². The number of fused-ring (bicyclic) bond motifs is 1. The van der Waals surface area contributed by atoms with Crippen molar-refractivity contribution in [2.75, 3.05) is 0 Å². The smallest absolute Gasteiger partial charge is 0.0137 e. The van der Waals surface area contributed by atoms with Gasteiger partial charge in [0.25, 0.3) is 0 Å². The van der Waals surface area contributed by atoms with E-state index in [0.717, 1.165) is 6.42 Å². The maximum Gasteiger partial charge on any atom is 0.0137 e. The Morgan fingerprint density at radius 2 is 1.79 bits per heavy atom. The van der Waals surface area contributed by atoms with Crippen molar-refractivity contribution in [2.45, 2.75) is 31.1 Å². The molecule has 0 unspecified atom stereocenters. The van der Waals surface area contributed by atoms with Gasteiger partial charge in [-0.15, -0.1) is 0 Å². The van der Waals surface area contributed by atoms with Crippen molar-refractivity contribution in [3.8, 4) is 0 Å². The highest BCUT2D eigenvalue weighted by Gasteiger charge is 2.14. The normalized spacial score (nSPS) is 16.2. The number of hydrogen-bond donors (Lipinski definition) is 0. The van der Waals surface area contributed by atoms with Crippen LogP contribution >= 0.6 is 11.8 Å². The van der Waals surface area contributed by atoms with Gasteiger partial charge in [-0.25, -0.2) is 0 Å². The van der Waals surface area contributed by atoms with E-state index in [1.807, 2.05) is 11.8 Å². The first kappa shape index (κ1) is 12.6. The van der Waals surface area contributed by atoms with E-state index >= 15 is 0 Å². The number of hydrogen-bond acceptors (Lipinski definition) is 1. The fourth-order valence-electron chi connectivity index (χ4n) is 2.60. The first-order valence-corrected chi connectivity index (χ1v) is 7.60. The highest BCUT2D eigenvalue weighted by atomic mass is 32.2. The van der Waals surface area contributed by atoms with Crippen LogP contribution in [0.3, 0.4) is 0 Å². The van der Waals surface area contributed by atoms with Gasteiger partial charge in [-0.3, -0.25) is 0 Å². The lowest BCUT2D eigenvalue weighted by Crippen LogP contribution is -1.97. The van der Waals surface area contributed by atoms with Gasteiger partial charge in [0, 0.05) is 9.80 Å². The molecule has 0 amide bonds. The van der Waals surface area contributed by atoms with E-state index in [0.29, 0.717) is 0 Å². The second-order valence-corrected chi connectivity index (χ2v) is 6.26. The van der Waals surface area contributed by atoms with E-state index in [2.05, 4.69) is 56.0 Å². The molecule has 0 spiro atoms. The minimum atomic E-state index is 1.15. The molecular weight excluding hydrogens is 248 g/mol. The van der Waals surface area contributed by atoms with E-state index in [1.54, 1.807) is 0 Å². The zero-order valence-electron chi connectivity index (χ0n) is 11.3. The van der Waals surface area contributed by atoms with Crippen molar-refractivity contribution in [3.05, 3.63) is 65.1 Å². The van der Waals surface area contributed by atoms with Gasteiger partial charge in [-0.2, -0.15) is 0 Å². The molecule has 19 heavy (non-hydrogen) atoms. The first-order chi connectivity index (χ1) is 9.24. The molecule has 0 saturated heterocycles. The van der Waals surface area contributed by atoms with Crippen molar-refractivity contribution in [2.24, 2.45) is 0 Å². The molecule has 3 rings (SSSR count). The highest BCUT2D eigenvalue weighted by Crippen LogP contribution is 2.40. The Morgan fingerprint density at radius 1 is 1.00 bits per heavy atom. The average molecular weight is 266 g/mol. The van der Waals surface area contributed by atoms with Crippen molar-refractivity contribution in [1.29, 1.82) is 0 Å². The van der Waals surface area contributed by atoms with Gasteiger partial charge in [0.1, 0.15) is 0 Å². The second-order valence-electron chi connectivity index (χ2n) is 5.18. The molecule has 96 valence electrons. The molecule has 1 heteroatoms. The van der Waals surface area contributed by atoms with Crippen molar-refractivity contribution < 1.29 is 0 Å². The summed E-state index contributed by atoms with van der Waals surface area (Å²) in [5, 5.41) is 2.62. The molecule has 0 aromatic heterocycles. The Labute approximate surface area is 119 Å². The Morgan fingerprint density at radius 3 is 2.58 bits per heavy atom. The Hall–Kier alpha value is -1.47. The number of benzene rings is 2. The molecule has 0 saturated carbocycles. The largest absolute Gasteiger partial charge is 0.0947 e. The monoisotopic (exact) mass is 266 g/mol. The quantitative estimate of drug-likeness (QED) is 0.647. The highest BCUT2D eigenvalue weighted by molar-refractivity contribution is 8.03. The summed E-state index contributed by atoms with van der Waals surface area (Å²) in [5.74, 6) is 0. The summed E-state index contributed by atoms with van der Waals surface area (Å²) in [6.45, 7) is 6.47. The molecule has 0 nitrogen and oxygen atoms in total. The van der Waals surface area contributed by atoms with Crippen molar-refractivity contribution in [1.82, 2.24) is 0 Å². The molecule has 2 aromatic carbocycles. The Balaban J connectivity index is 1.95. The molecule has 0 fully saturated rings. The number of thioether (sulfide) groups is 1. The molecule has 0 aliphatic heterocycles. The van der Waals surface area contributed by atoms with E-state index in [9.17, 15) is 0 Å². The molecule has 0 radical (unpaired) electrons. The lowest BCUT2D eigenvalue weighted by Gasteiger charge is -2.19. The van der Waals surface area contributed by atoms with Gasteiger partial charge in [0.2, 0.25) is 0 Å². The van der Waals surface area contributed by atoms with E-state index in [1.165, 1.54) is 44.6 Å². The van der Waals surface area contributed by atoms with Crippen LogP contribution in [0.4, 0.5) is 0 Å². The fraction of sp³-hybridized carbons (Fsp3) is 0.222. The molecular formula is C18H18S. The van der Waals surface area contributed by atoms with Crippen LogP contribution < -0.4 is 0 Å². The molecule has 1 aliphatic carbocycles. The van der Waals surface area contributed by atoms with Gasteiger partial charge in [-0.05, 0) is 54.7 Å². The predicted molar refractivity (Wildman–Crippen MR) is 85.5 cm³/mol. The molecule has 0 N–H and O–H groups in total. The lowest BCUT2D eigenvalue weighted by molar-refractivity contribution is 0.781. The van der Waals surface area contributed by atoms with Crippen LogP contribution in [0.15, 0.2) is 70.0 Å². The van der Waals surface area contributed by atoms with Crippen molar-refractivity contribution >= 4 is 22.5 Å². The summed E-state index contributed by atoms with van der Waals surface area (Å²) in [4.78, 5) is 2.72. The molecule has 1 aliphatic rings. The van der Waals surface area contributed by atoms with Crippen LogP contribution in [0.1, 0.15) is 26.2 Å². The van der Waals surface area contributed by atoms with E-state index in [-0.39, 0.29) is 0 Å². The van der Waals surface area contributed by atoms with Gasteiger partial charge in [0.05, 0.1) is 0 Å². The van der Waals surface area contributed by atoms with Gasteiger partial charge in [0.15, 0.2) is 0 Å². The Kier molecular flexibility index (Phi) is 3.48. The minimum absolute atomic E-state index is 1.15. The number of allylic oxidation sites excluding steroid dienone is 2. The minimum Gasteiger partial charge on any atom is -0.0947 e. The third-order valence-electron chi connectivity index (χ3n) is 3.68. The van der Waals surface area contributed by atoms with Crippen LogP contribution in [0.5, 0.6) is 0 Å². The summed E-state index contributed by atoms with van der Waals surface area (Å²) < 4.78 is 0. The second kappa shape index (κ2) is 5.26. The number of rotatable bonds is 2. The fourth-order valence-corrected chi connectivity index (χ4v) is 3.68. The summed E-state index contributed by atoms with van der Waals surface area (Å²) in [6, 6.07) is 15.2. The van der Waals surface area contributed by atoms with Crippen LogP contribution in [-0.2, 0) is 0 Å². The molecule has 2 aromatic rings. The van der Waals surface area contributed by atoms with Gasteiger partial charge < -0.3 is 0 Å². The maximum absolute atomic E-state index is 4.23. The van der Waals surface area contributed by atoms with Crippen LogP contribution in [0, 0.1) is 0 Å². The van der Waals surface area contributed by atoms with Crippen LogP contribution in [-0.4, -0.2) is 0 Å². The first-order valence-electron chi connectivity index (χ1n) is 6.78. The average Bonchev–Trinajstić information content (AvgIpc) is 2.43. The summed E-state index contributed by atoms with van der Waals surface area (Å²) in [7, 11) is 0. The maximum atomic E-state index is 4.23. The zero-order chi connectivity index (χ0) is 13.2. The van der Waals surface area contributed by atoms with Crippen LogP contribution in [0.25, 0.3) is 10.8 Å². The SMILES string of the molecule is C=C1CCCC(C)=C1Sc1ccc2ccccc2c1. The molecule has 0 heterocycles. The molecule has 0 bridgehead atoms. The zero-order valence-corrected chi connectivity index (χ0v) is 12.1.